The van der Waals surface area contributed by atoms with Crippen LogP contribution in [0.5, 0.6) is 0 Å². The Balaban J connectivity index is 2.57. The molecule has 2 N–H and O–H groups in total. The highest BCUT2D eigenvalue weighted by atomic mass is 32.2. The van der Waals surface area contributed by atoms with Crippen LogP contribution < -0.4 is 10.6 Å². The summed E-state index contributed by atoms with van der Waals surface area (Å²) in [4.78, 5) is 36.1. The zero-order valence-electron chi connectivity index (χ0n) is 14.9. The molecule has 2 amide bonds. The van der Waals surface area contributed by atoms with Crippen LogP contribution in [0.25, 0.3) is 0 Å². The van der Waals surface area contributed by atoms with Gasteiger partial charge in [-0.1, -0.05) is 32.0 Å². The van der Waals surface area contributed by atoms with Crippen molar-refractivity contribution in [2.75, 3.05) is 25.2 Å². The molecule has 1 aromatic carbocycles. The number of hydrogen-bond acceptors (Lipinski definition) is 5. The van der Waals surface area contributed by atoms with Crippen molar-refractivity contribution >= 4 is 29.5 Å². The predicted molar refractivity (Wildman–Crippen MR) is 99.5 cm³/mol. The van der Waals surface area contributed by atoms with Crippen molar-refractivity contribution in [2.24, 2.45) is 5.92 Å². The standard InChI is InChI=1S/C18H26N2O4S/c1-13(2)11-19-16(21)12-24-18(23)15(9-10-25-3)20-17(22)14-7-5-4-6-8-14/h4-8,13,15H,9-12H2,1-3H3,(H,19,21)(H,20,22)/t15-/m1/s1. The van der Waals surface area contributed by atoms with Gasteiger partial charge in [-0.3, -0.25) is 9.59 Å². The monoisotopic (exact) mass is 366 g/mol. The molecule has 0 saturated carbocycles. The first kappa shape index (κ1) is 21.0. The van der Waals surface area contributed by atoms with E-state index in [0.717, 1.165) is 0 Å². The first-order valence-corrected chi connectivity index (χ1v) is 9.61. The molecule has 138 valence electrons. The van der Waals surface area contributed by atoms with E-state index >= 15 is 0 Å². The van der Waals surface area contributed by atoms with Crippen molar-refractivity contribution in [3.63, 3.8) is 0 Å². The molecular weight excluding hydrogens is 340 g/mol. The molecule has 0 aromatic heterocycles. The number of carbonyl (C=O) groups excluding carboxylic acids is 3. The van der Waals surface area contributed by atoms with E-state index in [0.29, 0.717) is 30.2 Å². The number of carbonyl (C=O) groups is 3. The highest BCUT2D eigenvalue weighted by molar-refractivity contribution is 7.98. The summed E-state index contributed by atoms with van der Waals surface area (Å²) in [5.41, 5.74) is 0.471. The Kier molecular flexibility index (Phi) is 9.69. The number of hydrogen-bond donors (Lipinski definition) is 2. The third-order valence-electron chi connectivity index (χ3n) is 3.29. The summed E-state index contributed by atoms with van der Waals surface area (Å²) < 4.78 is 5.06. The van der Waals surface area contributed by atoms with E-state index in [1.807, 2.05) is 26.2 Å². The van der Waals surface area contributed by atoms with Crippen LogP contribution in [0.4, 0.5) is 0 Å². The highest BCUT2D eigenvalue weighted by Crippen LogP contribution is 2.05. The van der Waals surface area contributed by atoms with E-state index in [2.05, 4.69) is 10.6 Å². The molecular formula is C18H26N2O4S. The van der Waals surface area contributed by atoms with Gasteiger partial charge in [-0.2, -0.15) is 11.8 Å². The summed E-state index contributed by atoms with van der Waals surface area (Å²) in [5, 5.41) is 5.36. The van der Waals surface area contributed by atoms with E-state index in [1.54, 1.807) is 36.0 Å². The fraction of sp³-hybridized carbons (Fsp3) is 0.500. The Labute approximate surface area is 153 Å². The molecule has 0 saturated heterocycles. The smallest absolute Gasteiger partial charge is 0.329 e. The minimum atomic E-state index is -0.780. The average Bonchev–Trinajstić information content (AvgIpc) is 2.61. The Bertz CT molecular complexity index is 563. The van der Waals surface area contributed by atoms with Crippen LogP contribution in [0.1, 0.15) is 30.6 Å². The van der Waals surface area contributed by atoms with Gasteiger partial charge in [-0.25, -0.2) is 4.79 Å². The lowest BCUT2D eigenvalue weighted by Gasteiger charge is -2.17. The van der Waals surface area contributed by atoms with Crippen LogP contribution in [-0.4, -0.2) is 49.0 Å². The topological polar surface area (TPSA) is 84.5 Å². The van der Waals surface area contributed by atoms with Gasteiger partial charge in [0.05, 0.1) is 0 Å². The summed E-state index contributed by atoms with van der Waals surface area (Å²) in [5.74, 6) is -0.279. The van der Waals surface area contributed by atoms with Gasteiger partial charge in [0.15, 0.2) is 6.61 Å². The van der Waals surface area contributed by atoms with E-state index < -0.39 is 12.0 Å². The second-order valence-corrected chi connectivity index (χ2v) is 6.96. The second-order valence-electron chi connectivity index (χ2n) is 5.98. The molecule has 0 fully saturated rings. The zero-order valence-corrected chi connectivity index (χ0v) is 15.7. The lowest BCUT2D eigenvalue weighted by atomic mass is 10.1. The summed E-state index contributed by atoms with van der Waals surface area (Å²) in [6.45, 7) is 4.13. The molecule has 0 aliphatic rings. The quantitative estimate of drug-likeness (QED) is 0.618. The summed E-state index contributed by atoms with van der Waals surface area (Å²) in [6, 6.07) is 7.88. The molecule has 7 heteroatoms. The Morgan fingerprint density at radius 1 is 1.16 bits per heavy atom. The number of benzene rings is 1. The van der Waals surface area contributed by atoms with Crippen LogP contribution >= 0.6 is 11.8 Å². The van der Waals surface area contributed by atoms with Gasteiger partial charge in [0.25, 0.3) is 11.8 Å². The lowest BCUT2D eigenvalue weighted by Crippen LogP contribution is -2.43. The van der Waals surface area contributed by atoms with Crippen LogP contribution in [-0.2, 0) is 14.3 Å². The van der Waals surface area contributed by atoms with Crippen molar-refractivity contribution < 1.29 is 19.1 Å². The Morgan fingerprint density at radius 3 is 2.44 bits per heavy atom. The van der Waals surface area contributed by atoms with Crippen LogP contribution in [0.15, 0.2) is 30.3 Å². The van der Waals surface area contributed by atoms with Crippen molar-refractivity contribution in [3.05, 3.63) is 35.9 Å². The molecule has 1 rings (SSSR count). The highest BCUT2D eigenvalue weighted by Gasteiger charge is 2.23. The van der Waals surface area contributed by atoms with E-state index in [1.165, 1.54) is 0 Å². The van der Waals surface area contributed by atoms with Crippen LogP contribution in [0.3, 0.4) is 0 Å². The van der Waals surface area contributed by atoms with Gasteiger partial charge < -0.3 is 15.4 Å². The summed E-state index contributed by atoms with van der Waals surface area (Å²) in [7, 11) is 0. The molecule has 0 bridgehead atoms. The molecule has 0 unspecified atom stereocenters. The second kappa shape index (κ2) is 11.5. The largest absolute Gasteiger partial charge is 0.454 e. The van der Waals surface area contributed by atoms with E-state index in [9.17, 15) is 14.4 Å². The van der Waals surface area contributed by atoms with Crippen molar-refractivity contribution in [1.29, 1.82) is 0 Å². The first-order valence-electron chi connectivity index (χ1n) is 8.22. The number of ether oxygens (including phenoxy) is 1. The third kappa shape index (κ3) is 8.58. The zero-order chi connectivity index (χ0) is 18.7. The van der Waals surface area contributed by atoms with Crippen molar-refractivity contribution in [3.8, 4) is 0 Å². The molecule has 6 nitrogen and oxygen atoms in total. The van der Waals surface area contributed by atoms with Crippen LogP contribution in [0, 0.1) is 5.92 Å². The third-order valence-corrected chi connectivity index (χ3v) is 3.93. The lowest BCUT2D eigenvalue weighted by molar-refractivity contribution is -0.150. The number of thioether (sulfide) groups is 1. The van der Waals surface area contributed by atoms with Crippen LogP contribution in [0.2, 0.25) is 0 Å². The minimum absolute atomic E-state index is 0.319. The van der Waals surface area contributed by atoms with Gasteiger partial charge >= 0.3 is 5.97 Å². The number of rotatable bonds is 10. The first-order chi connectivity index (χ1) is 11.9. The molecule has 0 heterocycles. The van der Waals surface area contributed by atoms with Gasteiger partial charge in [-0.05, 0) is 36.5 Å². The SMILES string of the molecule is CSCC[C@@H](NC(=O)c1ccccc1)C(=O)OCC(=O)NCC(C)C. The minimum Gasteiger partial charge on any atom is -0.454 e. The predicted octanol–water partition coefficient (Wildman–Crippen LogP) is 1.85. The molecule has 1 atom stereocenters. The Morgan fingerprint density at radius 2 is 1.84 bits per heavy atom. The molecule has 0 aliphatic heterocycles. The summed E-state index contributed by atoms with van der Waals surface area (Å²) in [6.07, 6.45) is 2.35. The summed E-state index contributed by atoms with van der Waals surface area (Å²) >= 11 is 1.57. The fourth-order valence-corrected chi connectivity index (χ4v) is 2.39. The van der Waals surface area contributed by atoms with E-state index in [-0.39, 0.29) is 18.4 Å². The maximum atomic E-state index is 12.2. The molecule has 0 spiro atoms. The molecule has 0 radical (unpaired) electrons. The average molecular weight is 366 g/mol. The normalized spacial score (nSPS) is 11.7. The maximum absolute atomic E-state index is 12.2. The van der Waals surface area contributed by atoms with Gasteiger partial charge in [0, 0.05) is 12.1 Å². The number of nitrogens with one attached hydrogen (secondary N) is 2. The number of amides is 2. The molecule has 1 aromatic rings. The Hall–Kier alpha value is -2.02. The van der Waals surface area contributed by atoms with Crippen molar-refractivity contribution in [1.82, 2.24) is 10.6 Å². The van der Waals surface area contributed by atoms with Gasteiger partial charge in [0.2, 0.25) is 0 Å². The van der Waals surface area contributed by atoms with Gasteiger partial charge in [-0.15, -0.1) is 0 Å². The molecule has 0 aliphatic carbocycles. The van der Waals surface area contributed by atoms with E-state index in [4.69, 9.17) is 4.74 Å². The number of esters is 1. The van der Waals surface area contributed by atoms with Gasteiger partial charge in [0.1, 0.15) is 6.04 Å². The maximum Gasteiger partial charge on any atom is 0.329 e. The molecule has 25 heavy (non-hydrogen) atoms. The fourth-order valence-electron chi connectivity index (χ4n) is 1.92. The van der Waals surface area contributed by atoms with Crippen molar-refractivity contribution in [2.45, 2.75) is 26.3 Å².